The second kappa shape index (κ2) is 7.79. The van der Waals surface area contributed by atoms with E-state index in [0.29, 0.717) is 18.4 Å². The van der Waals surface area contributed by atoms with Gasteiger partial charge in [-0.15, -0.1) is 0 Å². The summed E-state index contributed by atoms with van der Waals surface area (Å²) in [4.78, 5) is 2.36. The molecule has 1 heterocycles. The van der Waals surface area contributed by atoms with Crippen LogP contribution in [0.3, 0.4) is 0 Å². The molecule has 0 radical (unpaired) electrons. The molecule has 0 aromatic heterocycles. The monoisotopic (exact) mass is 369 g/mol. The zero-order valence-corrected chi connectivity index (χ0v) is 15.6. The maximum Gasteiger partial charge on any atom is 0.119 e. The maximum absolute atomic E-state index is 10.5. The second-order valence-electron chi connectivity index (χ2n) is 7.73. The Morgan fingerprint density at radius 3 is 2.15 bits per heavy atom. The minimum Gasteiger partial charge on any atom is -0.508 e. The number of aromatic hydroxyl groups is 1. The zero-order valence-electron chi connectivity index (χ0n) is 15.6. The molecule has 2 aromatic carbocycles. The summed E-state index contributed by atoms with van der Waals surface area (Å²) < 4.78 is 11.3. The van der Waals surface area contributed by atoms with Crippen LogP contribution < -0.4 is 9.47 Å². The fraction of sp³-hybridized carbons (Fsp3) is 0.455. The second-order valence-corrected chi connectivity index (χ2v) is 7.73. The SMILES string of the molecule is COc1ccc(O[C@H]2C[C@@H]3CN(CC(O)c4ccc(O)cc4)C[C@@H]3C2)cc1. The normalized spacial score (nSPS) is 25.9. The van der Waals surface area contributed by atoms with E-state index >= 15 is 0 Å². The number of fused-ring (bicyclic) bond motifs is 1. The van der Waals surface area contributed by atoms with Crippen LogP contribution in [0.15, 0.2) is 48.5 Å². The van der Waals surface area contributed by atoms with Gasteiger partial charge in [0, 0.05) is 19.6 Å². The summed E-state index contributed by atoms with van der Waals surface area (Å²) in [5.74, 6) is 3.25. The predicted octanol–water partition coefficient (Wildman–Crippen LogP) is 3.22. The summed E-state index contributed by atoms with van der Waals surface area (Å²) >= 11 is 0. The van der Waals surface area contributed by atoms with E-state index in [9.17, 15) is 10.2 Å². The van der Waals surface area contributed by atoms with E-state index in [1.54, 1.807) is 31.4 Å². The lowest BCUT2D eigenvalue weighted by molar-refractivity contribution is 0.116. The Morgan fingerprint density at radius 1 is 0.963 bits per heavy atom. The van der Waals surface area contributed by atoms with Gasteiger partial charge in [-0.25, -0.2) is 0 Å². The number of likely N-dealkylation sites (tertiary alicyclic amines) is 1. The van der Waals surface area contributed by atoms with E-state index in [1.165, 1.54) is 0 Å². The number of phenols is 1. The van der Waals surface area contributed by atoms with Gasteiger partial charge in [0.2, 0.25) is 0 Å². The van der Waals surface area contributed by atoms with Crippen molar-refractivity contribution in [1.29, 1.82) is 0 Å². The molecule has 1 saturated heterocycles. The van der Waals surface area contributed by atoms with Crippen molar-refractivity contribution in [2.24, 2.45) is 11.8 Å². The zero-order chi connectivity index (χ0) is 18.8. The van der Waals surface area contributed by atoms with Crippen LogP contribution in [0.2, 0.25) is 0 Å². The van der Waals surface area contributed by atoms with Gasteiger partial charge in [0.1, 0.15) is 17.2 Å². The molecule has 27 heavy (non-hydrogen) atoms. The summed E-state index contributed by atoms with van der Waals surface area (Å²) in [7, 11) is 1.67. The highest BCUT2D eigenvalue weighted by molar-refractivity contribution is 5.31. The highest BCUT2D eigenvalue weighted by Gasteiger charge is 2.42. The van der Waals surface area contributed by atoms with Crippen molar-refractivity contribution in [2.45, 2.75) is 25.0 Å². The number of hydrogen-bond donors (Lipinski definition) is 2. The number of rotatable bonds is 6. The molecule has 2 fully saturated rings. The average Bonchev–Trinajstić information content (AvgIpc) is 3.20. The first-order valence-corrected chi connectivity index (χ1v) is 9.61. The Balaban J connectivity index is 1.27. The smallest absolute Gasteiger partial charge is 0.119 e. The summed E-state index contributed by atoms with van der Waals surface area (Å²) in [6, 6.07) is 14.6. The van der Waals surface area contributed by atoms with Crippen molar-refractivity contribution in [1.82, 2.24) is 4.90 Å². The standard InChI is InChI=1S/C22H27NO4/c1-26-19-6-8-20(9-7-19)27-21-10-16-12-23(13-17(16)11-21)14-22(25)15-2-4-18(24)5-3-15/h2-9,16-17,21-22,24-25H,10-14H2,1H3/t16-,17+,21+,22?. The van der Waals surface area contributed by atoms with E-state index in [0.717, 1.165) is 43.0 Å². The van der Waals surface area contributed by atoms with Crippen LogP contribution in [0.25, 0.3) is 0 Å². The van der Waals surface area contributed by atoms with Crippen LogP contribution in [0, 0.1) is 11.8 Å². The van der Waals surface area contributed by atoms with Crippen LogP contribution in [0.5, 0.6) is 17.2 Å². The molecule has 1 saturated carbocycles. The Morgan fingerprint density at radius 2 is 1.56 bits per heavy atom. The highest BCUT2D eigenvalue weighted by Crippen LogP contribution is 2.40. The third kappa shape index (κ3) is 4.20. The predicted molar refractivity (Wildman–Crippen MR) is 103 cm³/mol. The van der Waals surface area contributed by atoms with Gasteiger partial charge in [0.05, 0.1) is 19.3 Å². The number of aliphatic hydroxyl groups excluding tert-OH is 1. The van der Waals surface area contributed by atoms with Crippen molar-refractivity contribution in [3.63, 3.8) is 0 Å². The van der Waals surface area contributed by atoms with Crippen LogP contribution in [0.1, 0.15) is 24.5 Å². The molecular formula is C22H27NO4. The Labute approximate surface area is 160 Å². The summed E-state index contributed by atoms with van der Waals surface area (Å²) in [5.41, 5.74) is 0.852. The minimum absolute atomic E-state index is 0.226. The van der Waals surface area contributed by atoms with Crippen LogP contribution in [-0.4, -0.2) is 48.0 Å². The van der Waals surface area contributed by atoms with Gasteiger partial charge in [0.25, 0.3) is 0 Å². The maximum atomic E-state index is 10.5. The molecule has 0 spiro atoms. The minimum atomic E-state index is -0.518. The molecule has 1 unspecified atom stereocenters. The van der Waals surface area contributed by atoms with E-state index < -0.39 is 6.10 Å². The van der Waals surface area contributed by atoms with Gasteiger partial charge in [-0.3, -0.25) is 4.90 Å². The molecule has 5 nitrogen and oxygen atoms in total. The molecule has 4 rings (SSSR count). The summed E-state index contributed by atoms with van der Waals surface area (Å²) in [5, 5.41) is 19.8. The molecule has 2 N–H and O–H groups in total. The first-order valence-electron chi connectivity index (χ1n) is 9.61. The van der Waals surface area contributed by atoms with Crippen molar-refractivity contribution < 1.29 is 19.7 Å². The topological polar surface area (TPSA) is 62.2 Å². The van der Waals surface area contributed by atoms with Gasteiger partial charge in [0.15, 0.2) is 0 Å². The van der Waals surface area contributed by atoms with Crippen molar-refractivity contribution in [2.75, 3.05) is 26.7 Å². The van der Waals surface area contributed by atoms with Crippen molar-refractivity contribution in [3.8, 4) is 17.2 Å². The van der Waals surface area contributed by atoms with Gasteiger partial charge in [-0.05, 0) is 66.6 Å². The Hall–Kier alpha value is -2.24. The highest BCUT2D eigenvalue weighted by atomic mass is 16.5. The largest absolute Gasteiger partial charge is 0.508 e. The lowest BCUT2D eigenvalue weighted by Gasteiger charge is -2.22. The Kier molecular flexibility index (Phi) is 5.23. The van der Waals surface area contributed by atoms with Gasteiger partial charge in [-0.1, -0.05) is 12.1 Å². The number of methoxy groups -OCH3 is 1. The third-order valence-corrected chi connectivity index (χ3v) is 5.85. The van der Waals surface area contributed by atoms with E-state index in [2.05, 4.69) is 4.90 Å². The number of aliphatic hydroxyl groups is 1. The molecular weight excluding hydrogens is 342 g/mol. The first kappa shape index (κ1) is 18.1. The van der Waals surface area contributed by atoms with Gasteiger partial charge in [-0.2, -0.15) is 0 Å². The molecule has 0 bridgehead atoms. The molecule has 2 aromatic rings. The fourth-order valence-electron chi connectivity index (χ4n) is 4.48. The average molecular weight is 369 g/mol. The summed E-state index contributed by atoms with van der Waals surface area (Å²) in [6.45, 7) is 2.67. The van der Waals surface area contributed by atoms with E-state index in [-0.39, 0.29) is 11.9 Å². The number of nitrogens with zero attached hydrogens (tertiary/aromatic N) is 1. The molecule has 2 aliphatic rings. The van der Waals surface area contributed by atoms with Gasteiger partial charge >= 0.3 is 0 Å². The number of ether oxygens (including phenoxy) is 2. The Bertz CT molecular complexity index is 732. The molecule has 144 valence electrons. The van der Waals surface area contributed by atoms with Gasteiger partial charge < -0.3 is 19.7 Å². The molecule has 1 aliphatic heterocycles. The summed E-state index contributed by atoms with van der Waals surface area (Å²) in [6.07, 6.45) is 1.90. The quantitative estimate of drug-likeness (QED) is 0.819. The first-order chi connectivity index (χ1) is 13.1. The lowest BCUT2D eigenvalue weighted by Crippen LogP contribution is -2.28. The van der Waals surface area contributed by atoms with Crippen LogP contribution in [-0.2, 0) is 0 Å². The molecule has 1 aliphatic carbocycles. The van der Waals surface area contributed by atoms with Crippen LogP contribution >= 0.6 is 0 Å². The number of phenolic OH excluding ortho intramolecular Hbond substituents is 1. The number of benzene rings is 2. The molecule has 5 heteroatoms. The van der Waals surface area contributed by atoms with Crippen molar-refractivity contribution in [3.05, 3.63) is 54.1 Å². The van der Waals surface area contributed by atoms with Crippen molar-refractivity contribution >= 4 is 0 Å². The molecule has 0 amide bonds. The lowest BCUT2D eigenvalue weighted by atomic mass is 10.0. The van der Waals surface area contributed by atoms with E-state index in [1.807, 2.05) is 24.3 Å². The molecule has 4 atom stereocenters. The third-order valence-electron chi connectivity index (χ3n) is 5.85. The van der Waals surface area contributed by atoms with E-state index in [4.69, 9.17) is 9.47 Å². The fourth-order valence-corrected chi connectivity index (χ4v) is 4.48. The number of hydrogen-bond acceptors (Lipinski definition) is 5. The number of β-amino-alcohol motifs (C(OH)–C–C–N with tert-alkyl or cyclic N) is 1. The van der Waals surface area contributed by atoms with Crippen LogP contribution in [0.4, 0.5) is 0 Å².